The maximum absolute atomic E-state index is 12.2. The number of aliphatic imine (C=N–C) groups is 1. The molecule has 2 unspecified atom stereocenters. The molecule has 2 N–H and O–H groups in total. The Morgan fingerprint density at radius 1 is 1.11 bits per heavy atom. The molecule has 146 valence electrons. The van der Waals surface area contributed by atoms with E-state index in [2.05, 4.69) is 15.6 Å². The van der Waals surface area contributed by atoms with E-state index < -0.39 is 9.84 Å². The molecule has 2 atom stereocenters. The monoisotopic (exact) mass is 407 g/mol. The van der Waals surface area contributed by atoms with Crippen LogP contribution in [-0.4, -0.2) is 48.3 Å². The molecule has 8 heteroatoms. The van der Waals surface area contributed by atoms with Crippen LogP contribution in [0.1, 0.15) is 37.7 Å². The van der Waals surface area contributed by atoms with Crippen LogP contribution < -0.4 is 10.6 Å². The van der Waals surface area contributed by atoms with Gasteiger partial charge in [-0.1, -0.05) is 43.2 Å². The number of nitrogens with one attached hydrogen (secondary N) is 2. The number of hydrogen-bond donors (Lipinski definition) is 2. The predicted octanol–water partition coefficient (Wildman–Crippen LogP) is 2.36. The minimum Gasteiger partial charge on any atom is -0.353 e. The van der Waals surface area contributed by atoms with Crippen LogP contribution in [0.2, 0.25) is 0 Å². The highest BCUT2D eigenvalue weighted by Gasteiger charge is 2.42. The summed E-state index contributed by atoms with van der Waals surface area (Å²) >= 11 is 1.51. The molecule has 0 aromatic heterocycles. The topological polar surface area (TPSA) is 87.6 Å². The van der Waals surface area contributed by atoms with E-state index in [4.69, 9.17) is 0 Å². The number of nitrogens with zero attached hydrogens (tertiary/aromatic N) is 1. The molecule has 3 aliphatic rings. The van der Waals surface area contributed by atoms with Gasteiger partial charge in [0, 0.05) is 17.0 Å². The number of carbonyl (C=O) groups excluding carboxylic acids is 1. The summed E-state index contributed by atoms with van der Waals surface area (Å²) in [5, 5.41) is 7.23. The highest BCUT2D eigenvalue weighted by atomic mass is 32.2. The Morgan fingerprint density at radius 2 is 1.85 bits per heavy atom. The maximum atomic E-state index is 12.2. The van der Waals surface area contributed by atoms with E-state index in [1.54, 1.807) is 0 Å². The summed E-state index contributed by atoms with van der Waals surface area (Å²) in [7, 11) is -2.92. The molecule has 1 saturated heterocycles. The van der Waals surface area contributed by atoms with Gasteiger partial charge in [-0.25, -0.2) is 8.42 Å². The van der Waals surface area contributed by atoms with Crippen LogP contribution >= 0.6 is 11.8 Å². The lowest BCUT2D eigenvalue weighted by atomic mass is 9.95. The number of amides is 1. The molecule has 2 aliphatic heterocycles. The molecule has 0 bridgehead atoms. The zero-order chi connectivity index (χ0) is 18.9. The summed E-state index contributed by atoms with van der Waals surface area (Å²) in [6.07, 6.45) is 6.28. The zero-order valence-electron chi connectivity index (χ0n) is 15.2. The standard InChI is InChI=1S/C19H25N3O3S2/c23-18(20-14-4-2-1-3-5-14)10-13-6-8-15(9-7-13)21-19-22-16-11-27(24,25)12-17(16)26-19/h6-9,14,16-17H,1-5,10-12H2,(H,20,23)(H,21,22). The Bertz CT molecular complexity index is 830. The van der Waals surface area contributed by atoms with Crippen molar-refractivity contribution in [1.29, 1.82) is 0 Å². The molecule has 1 aromatic rings. The lowest BCUT2D eigenvalue weighted by molar-refractivity contribution is -0.121. The van der Waals surface area contributed by atoms with Crippen molar-refractivity contribution in [3.05, 3.63) is 29.8 Å². The summed E-state index contributed by atoms with van der Waals surface area (Å²) in [4.78, 5) is 16.7. The Kier molecular flexibility index (Phi) is 5.45. The molecule has 1 aliphatic carbocycles. The molecule has 0 spiro atoms. The first-order valence-corrected chi connectivity index (χ1v) is 12.3. The van der Waals surface area contributed by atoms with E-state index in [0.29, 0.717) is 12.5 Å². The van der Waals surface area contributed by atoms with Gasteiger partial charge < -0.3 is 10.6 Å². The maximum Gasteiger partial charge on any atom is 0.224 e. The smallest absolute Gasteiger partial charge is 0.224 e. The van der Waals surface area contributed by atoms with Crippen molar-refractivity contribution in [2.45, 2.75) is 55.9 Å². The van der Waals surface area contributed by atoms with Gasteiger partial charge in [0.1, 0.15) is 0 Å². The average molecular weight is 408 g/mol. The summed E-state index contributed by atoms with van der Waals surface area (Å²) in [6, 6.07) is 8.01. The second kappa shape index (κ2) is 7.83. The number of benzene rings is 1. The van der Waals surface area contributed by atoms with Gasteiger partial charge in [-0.05, 0) is 30.5 Å². The van der Waals surface area contributed by atoms with E-state index in [0.717, 1.165) is 29.3 Å². The Balaban J connectivity index is 1.28. The number of carbonyl (C=O) groups is 1. The third kappa shape index (κ3) is 4.85. The third-order valence-electron chi connectivity index (χ3n) is 5.36. The molecule has 1 saturated carbocycles. The summed E-state index contributed by atoms with van der Waals surface area (Å²) in [5.41, 5.74) is 1.89. The van der Waals surface area contributed by atoms with Crippen LogP contribution in [0, 0.1) is 0 Å². The zero-order valence-corrected chi connectivity index (χ0v) is 16.8. The molecule has 1 amide bonds. The Labute approximate surface area is 164 Å². The van der Waals surface area contributed by atoms with Crippen molar-refractivity contribution in [3.8, 4) is 0 Å². The van der Waals surface area contributed by atoms with E-state index in [1.165, 1.54) is 31.0 Å². The number of hydrogen-bond acceptors (Lipinski definition) is 6. The van der Waals surface area contributed by atoms with Crippen LogP contribution in [0.5, 0.6) is 0 Å². The third-order valence-corrected chi connectivity index (χ3v) is 8.50. The first-order chi connectivity index (χ1) is 13.0. The lowest BCUT2D eigenvalue weighted by Crippen LogP contribution is -2.37. The van der Waals surface area contributed by atoms with Gasteiger partial charge in [0.05, 0.1) is 24.0 Å². The summed E-state index contributed by atoms with van der Waals surface area (Å²) in [6.45, 7) is 0. The molecule has 27 heavy (non-hydrogen) atoms. The molecular formula is C19H25N3O3S2. The fourth-order valence-corrected chi connectivity index (χ4v) is 7.63. The molecule has 6 nitrogen and oxygen atoms in total. The van der Waals surface area contributed by atoms with Crippen molar-refractivity contribution in [1.82, 2.24) is 5.32 Å². The van der Waals surface area contributed by atoms with Gasteiger partial charge in [0.15, 0.2) is 15.0 Å². The minimum atomic E-state index is -2.92. The SMILES string of the molecule is O=C(Cc1ccc(NC2=NC3CS(=O)(=O)CC3S2)cc1)NC1CCCCC1. The second-order valence-corrected chi connectivity index (χ2v) is 11.0. The van der Waals surface area contributed by atoms with E-state index >= 15 is 0 Å². The van der Waals surface area contributed by atoms with Gasteiger partial charge >= 0.3 is 0 Å². The molecule has 2 fully saturated rings. The average Bonchev–Trinajstić information content (AvgIpc) is 3.10. The fraction of sp³-hybridized carbons (Fsp3) is 0.579. The van der Waals surface area contributed by atoms with Crippen LogP contribution in [0.15, 0.2) is 29.3 Å². The number of rotatable bonds is 4. The number of sulfone groups is 1. The van der Waals surface area contributed by atoms with Crippen molar-refractivity contribution in [2.75, 3.05) is 16.8 Å². The van der Waals surface area contributed by atoms with Crippen LogP contribution in [-0.2, 0) is 21.1 Å². The highest BCUT2D eigenvalue weighted by Crippen LogP contribution is 2.34. The Morgan fingerprint density at radius 3 is 2.56 bits per heavy atom. The molecule has 4 rings (SSSR count). The first-order valence-electron chi connectivity index (χ1n) is 9.57. The molecule has 0 radical (unpaired) electrons. The summed E-state index contributed by atoms with van der Waals surface area (Å²) in [5.74, 6) is 0.462. The second-order valence-electron chi connectivity index (χ2n) is 7.64. The van der Waals surface area contributed by atoms with Crippen LogP contribution in [0.25, 0.3) is 0 Å². The van der Waals surface area contributed by atoms with Gasteiger partial charge in [-0.2, -0.15) is 0 Å². The first kappa shape index (κ1) is 18.8. The Hall–Kier alpha value is -1.54. The number of anilines is 1. The highest BCUT2D eigenvalue weighted by molar-refractivity contribution is 8.15. The van der Waals surface area contributed by atoms with Gasteiger partial charge in [-0.3, -0.25) is 9.79 Å². The molecule has 1 aromatic carbocycles. The van der Waals surface area contributed by atoms with E-state index in [1.807, 2.05) is 24.3 Å². The van der Waals surface area contributed by atoms with Crippen LogP contribution in [0.4, 0.5) is 5.69 Å². The van der Waals surface area contributed by atoms with Gasteiger partial charge in [-0.15, -0.1) is 0 Å². The number of fused-ring (bicyclic) bond motifs is 1. The number of amidine groups is 1. The summed E-state index contributed by atoms with van der Waals surface area (Å²) < 4.78 is 23.2. The van der Waals surface area contributed by atoms with E-state index in [-0.39, 0.29) is 28.7 Å². The van der Waals surface area contributed by atoms with Gasteiger partial charge in [0.2, 0.25) is 5.91 Å². The van der Waals surface area contributed by atoms with Crippen molar-refractivity contribution < 1.29 is 13.2 Å². The predicted molar refractivity (Wildman–Crippen MR) is 110 cm³/mol. The van der Waals surface area contributed by atoms with Crippen LogP contribution in [0.3, 0.4) is 0 Å². The lowest BCUT2D eigenvalue weighted by Gasteiger charge is -2.22. The number of thioether (sulfide) groups is 1. The quantitative estimate of drug-likeness (QED) is 0.800. The van der Waals surface area contributed by atoms with Crippen molar-refractivity contribution >= 4 is 38.4 Å². The van der Waals surface area contributed by atoms with Crippen molar-refractivity contribution in [3.63, 3.8) is 0 Å². The fourth-order valence-electron chi connectivity index (χ4n) is 3.96. The van der Waals surface area contributed by atoms with Crippen molar-refractivity contribution in [2.24, 2.45) is 4.99 Å². The molecule has 2 heterocycles. The largest absolute Gasteiger partial charge is 0.353 e. The van der Waals surface area contributed by atoms with Gasteiger partial charge in [0.25, 0.3) is 0 Å². The van der Waals surface area contributed by atoms with E-state index in [9.17, 15) is 13.2 Å². The minimum absolute atomic E-state index is 0.0419. The normalized spacial score (nSPS) is 27.0. The molecular weight excluding hydrogens is 382 g/mol.